The van der Waals surface area contributed by atoms with Crippen LogP contribution in [0.5, 0.6) is 11.5 Å². The van der Waals surface area contributed by atoms with Crippen molar-refractivity contribution in [1.29, 1.82) is 0 Å². The van der Waals surface area contributed by atoms with E-state index in [0.29, 0.717) is 38.8 Å². The van der Waals surface area contributed by atoms with Gasteiger partial charge in [0.1, 0.15) is 29.2 Å². The largest absolute Gasteiger partial charge is 0.506 e. The Balaban J connectivity index is 1.64. The first-order valence-corrected chi connectivity index (χ1v) is 11.8. The number of anilines is 1. The molecule has 1 aliphatic heterocycles. The minimum atomic E-state index is -0.792. The number of nitrogens with zero attached hydrogens (tertiary/aromatic N) is 1. The molecular formula is C23H18BrClF2N2O3S. The number of amides is 1. The van der Waals surface area contributed by atoms with Crippen molar-refractivity contribution in [2.75, 3.05) is 17.8 Å². The monoisotopic (exact) mass is 554 g/mol. The number of ether oxygens (including phenoxy) is 1. The van der Waals surface area contributed by atoms with Gasteiger partial charge in [0.2, 0.25) is 6.41 Å². The number of likely N-dealkylation sites (tertiary alicyclic amines) is 1. The third kappa shape index (κ3) is 5.20. The Bertz CT molecular complexity index is 1220. The Morgan fingerprint density at radius 1 is 1.18 bits per heavy atom. The molecule has 0 saturated carbocycles. The molecule has 1 aliphatic rings. The van der Waals surface area contributed by atoms with Crippen LogP contribution in [0.2, 0.25) is 5.02 Å². The van der Waals surface area contributed by atoms with E-state index >= 15 is 0 Å². The number of hydrogen-bond acceptors (Lipinski definition) is 5. The number of benzene rings is 3. The molecule has 3 aromatic rings. The fourth-order valence-electron chi connectivity index (χ4n) is 3.35. The van der Waals surface area contributed by atoms with E-state index in [9.17, 15) is 18.7 Å². The molecule has 1 saturated heterocycles. The third-order valence-corrected chi connectivity index (χ3v) is 6.74. The zero-order valence-electron chi connectivity index (χ0n) is 17.2. The number of phenolic OH excluding ortho intramolecular Hbond substituents is 1. The summed E-state index contributed by atoms with van der Waals surface area (Å²) in [5.74, 6) is -1.19. The summed E-state index contributed by atoms with van der Waals surface area (Å²) in [6.45, 7) is 2.72. The second-order valence-electron chi connectivity index (χ2n) is 7.55. The quantitative estimate of drug-likeness (QED) is 0.261. The fourth-order valence-corrected chi connectivity index (χ4v) is 5.06. The molecule has 1 amide bonds. The maximum absolute atomic E-state index is 14.8. The highest BCUT2D eigenvalue weighted by Gasteiger charge is 2.28. The summed E-state index contributed by atoms with van der Waals surface area (Å²) in [5.41, 5.74) is 1.38. The third-order valence-electron chi connectivity index (χ3n) is 5.05. The van der Waals surface area contributed by atoms with Crippen LogP contribution >= 0.6 is 39.5 Å². The Morgan fingerprint density at radius 3 is 2.67 bits per heavy atom. The average Bonchev–Trinajstić information content (AvgIpc) is 2.73. The molecule has 4 rings (SSSR count). The van der Waals surface area contributed by atoms with Gasteiger partial charge in [-0.25, -0.2) is 8.78 Å². The van der Waals surface area contributed by atoms with Crippen molar-refractivity contribution >= 4 is 51.6 Å². The standard InChI is InChI=1S/C23H18BrClF2N2O3S/c1-12-4-17(24)23(31)22(5-12)33-28-20-7-15(18(26)8-19(20)27)16-6-13(25)2-3-21(16)32-14-9-29(10-14)11-30/h2-8,11,14,28,31H,9-10H2,1H3. The summed E-state index contributed by atoms with van der Waals surface area (Å²) in [6, 6.07) is 10.4. The number of nitrogens with one attached hydrogen (secondary N) is 1. The second-order valence-corrected chi connectivity index (χ2v) is 9.69. The predicted octanol–water partition coefficient (Wildman–Crippen LogP) is 6.40. The van der Waals surface area contributed by atoms with Gasteiger partial charge in [-0.2, -0.15) is 0 Å². The van der Waals surface area contributed by atoms with E-state index in [1.807, 2.05) is 6.92 Å². The summed E-state index contributed by atoms with van der Waals surface area (Å²) >= 11 is 10.4. The van der Waals surface area contributed by atoms with Crippen LogP contribution in [0.25, 0.3) is 11.1 Å². The maximum Gasteiger partial charge on any atom is 0.209 e. The lowest BCUT2D eigenvalue weighted by Crippen LogP contribution is -2.52. The van der Waals surface area contributed by atoms with Crippen LogP contribution in [-0.4, -0.2) is 35.6 Å². The molecule has 0 aromatic heterocycles. The highest BCUT2D eigenvalue weighted by molar-refractivity contribution is 9.10. The highest BCUT2D eigenvalue weighted by Crippen LogP contribution is 2.40. The molecule has 0 bridgehead atoms. The summed E-state index contributed by atoms with van der Waals surface area (Å²) in [4.78, 5) is 12.8. The Hall–Kier alpha value is -2.49. The van der Waals surface area contributed by atoms with Crippen LogP contribution in [0.1, 0.15) is 5.56 Å². The van der Waals surface area contributed by atoms with Crippen molar-refractivity contribution < 1.29 is 23.4 Å². The Labute approximate surface area is 207 Å². The second kappa shape index (κ2) is 9.79. The van der Waals surface area contributed by atoms with E-state index in [-0.39, 0.29) is 23.1 Å². The van der Waals surface area contributed by atoms with Gasteiger partial charge in [0.15, 0.2) is 0 Å². The summed E-state index contributed by atoms with van der Waals surface area (Å²) in [6.07, 6.45) is 0.511. The molecule has 0 radical (unpaired) electrons. The van der Waals surface area contributed by atoms with E-state index in [1.54, 1.807) is 35.2 Å². The van der Waals surface area contributed by atoms with Crippen molar-refractivity contribution in [3.05, 3.63) is 69.2 Å². The van der Waals surface area contributed by atoms with E-state index in [2.05, 4.69) is 20.7 Å². The molecule has 3 aromatic carbocycles. The molecule has 2 N–H and O–H groups in total. The number of carbonyl (C=O) groups is 1. The van der Waals surface area contributed by atoms with Gasteiger partial charge < -0.3 is 19.5 Å². The molecule has 0 aliphatic carbocycles. The van der Waals surface area contributed by atoms with Crippen molar-refractivity contribution in [2.45, 2.75) is 17.9 Å². The summed E-state index contributed by atoms with van der Waals surface area (Å²) in [7, 11) is 0. The molecular weight excluding hydrogens is 538 g/mol. The van der Waals surface area contributed by atoms with Crippen molar-refractivity contribution in [2.24, 2.45) is 0 Å². The summed E-state index contributed by atoms with van der Waals surface area (Å²) in [5, 5.41) is 10.6. The smallest absolute Gasteiger partial charge is 0.209 e. The van der Waals surface area contributed by atoms with Crippen LogP contribution in [-0.2, 0) is 4.79 Å². The van der Waals surface area contributed by atoms with Crippen molar-refractivity contribution in [3.63, 3.8) is 0 Å². The number of rotatable bonds is 7. The highest BCUT2D eigenvalue weighted by atomic mass is 79.9. The van der Waals surface area contributed by atoms with Crippen LogP contribution in [0.4, 0.5) is 14.5 Å². The minimum absolute atomic E-state index is 0.0104. The lowest BCUT2D eigenvalue weighted by atomic mass is 10.0. The topological polar surface area (TPSA) is 61.8 Å². The fraction of sp³-hybridized carbons (Fsp3) is 0.174. The normalized spacial score (nSPS) is 13.5. The SMILES string of the molecule is Cc1cc(Br)c(O)c(SNc2cc(-c3cc(Cl)ccc3OC3CN(C=O)C3)c(F)cc2F)c1. The van der Waals surface area contributed by atoms with Gasteiger partial charge in [0.25, 0.3) is 0 Å². The van der Waals surface area contributed by atoms with Crippen molar-refractivity contribution in [3.8, 4) is 22.6 Å². The van der Waals surface area contributed by atoms with E-state index in [4.69, 9.17) is 16.3 Å². The van der Waals surface area contributed by atoms with Gasteiger partial charge in [-0.3, -0.25) is 4.79 Å². The first kappa shape index (κ1) is 23.7. The van der Waals surface area contributed by atoms with Crippen LogP contribution in [0, 0.1) is 18.6 Å². The van der Waals surface area contributed by atoms with E-state index in [1.165, 1.54) is 6.07 Å². The minimum Gasteiger partial charge on any atom is -0.506 e. The Morgan fingerprint density at radius 2 is 1.94 bits per heavy atom. The molecule has 0 atom stereocenters. The number of aromatic hydroxyl groups is 1. The first-order chi connectivity index (χ1) is 15.7. The van der Waals surface area contributed by atoms with Gasteiger partial charge in [-0.1, -0.05) is 11.6 Å². The molecule has 33 heavy (non-hydrogen) atoms. The van der Waals surface area contributed by atoms with Gasteiger partial charge in [-0.15, -0.1) is 0 Å². The van der Waals surface area contributed by atoms with Gasteiger partial charge in [-0.05, 0) is 76.8 Å². The molecule has 5 nitrogen and oxygen atoms in total. The first-order valence-electron chi connectivity index (χ1n) is 9.82. The molecule has 1 heterocycles. The van der Waals surface area contributed by atoms with Crippen LogP contribution in [0.3, 0.4) is 0 Å². The number of carbonyl (C=O) groups excluding carboxylic acids is 1. The van der Waals surface area contributed by atoms with Crippen molar-refractivity contribution in [1.82, 2.24) is 4.90 Å². The van der Waals surface area contributed by atoms with Gasteiger partial charge in [0.05, 0.1) is 28.1 Å². The van der Waals surface area contributed by atoms with Gasteiger partial charge >= 0.3 is 0 Å². The van der Waals surface area contributed by atoms with Crippen LogP contribution in [0.15, 0.2) is 51.8 Å². The number of phenols is 1. The molecule has 0 unspecified atom stereocenters. The van der Waals surface area contributed by atoms with Gasteiger partial charge in [0, 0.05) is 22.2 Å². The number of hydrogen-bond donors (Lipinski definition) is 2. The number of aryl methyl sites for hydroxylation is 1. The van der Waals surface area contributed by atoms with E-state index < -0.39 is 11.6 Å². The predicted molar refractivity (Wildman–Crippen MR) is 129 cm³/mol. The zero-order chi connectivity index (χ0) is 23.7. The Kier molecular flexibility index (Phi) is 7.02. The van der Waals surface area contributed by atoms with E-state index in [0.717, 1.165) is 30.0 Å². The zero-order valence-corrected chi connectivity index (χ0v) is 20.4. The molecule has 0 spiro atoms. The average molecular weight is 556 g/mol. The molecule has 10 heteroatoms. The molecule has 1 fully saturated rings. The lowest BCUT2D eigenvalue weighted by molar-refractivity contribution is -0.126. The van der Waals surface area contributed by atoms with Crippen LogP contribution < -0.4 is 9.46 Å². The number of halogens is 4. The summed E-state index contributed by atoms with van der Waals surface area (Å²) < 4.78 is 38.7. The molecule has 172 valence electrons. The maximum atomic E-state index is 14.8. The lowest BCUT2D eigenvalue weighted by Gasteiger charge is -2.36.